The summed E-state index contributed by atoms with van der Waals surface area (Å²) in [6, 6.07) is 12.0. The number of anilines is 1. The summed E-state index contributed by atoms with van der Waals surface area (Å²) >= 11 is 5.78. The van der Waals surface area contributed by atoms with E-state index in [1.54, 1.807) is 57.5 Å². The summed E-state index contributed by atoms with van der Waals surface area (Å²) in [5.74, 6) is 0.869. The van der Waals surface area contributed by atoms with Gasteiger partial charge >= 0.3 is 0 Å². The van der Waals surface area contributed by atoms with Crippen LogP contribution in [0.25, 0.3) is 0 Å². The number of rotatable bonds is 7. The Balaban J connectivity index is 2.02. The van der Waals surface area contributed by atoms with Gasteiger partial charge < -0.3 is 14.8 Å². The van der Waals surface area contributed by atoms with Crippen molar-refractivity contribution in [3.8, 4) is 11.5 Å². The number of benzene rings is 2. The molecule has 6 heteroatoms. The van der Waals surface area contributed by atoms with E-state index in [-0.39, 0.29) is 18.1 Å². The van der Waals surface area contributed by atoms with Gasteiger partial charge in [-0.3, -0.25) is 9.59 Å². The van der Waals surface area contributed by atoms with Crippen molar-refractivity contribution in [3.63, 3.8) is 0 Å². The Morgan fingerprint density at radius 1 is 1.04 bits per heavy atom. The van der Waals surface area contributed by atoms with Gasteiger partial charge in [-0.1, -0.05) is 6.07 Å². The van der Waals surface area contributed by atoms with Crippen LogP contribution >= 0.6 is 11.6 Å². The molecule has 2 aromatic carbocycles. The van der Waals surface area contributed by atoms with E-state index in [0.717, 1.165) is 5.56 Å². The number of halogens is 1. The third-order valence-corrected chi connectivity index (χ3v) is 3.83. The molecule has 0 fully saturated rings. The molecule has 1 unspecified atom stereocenters. The molecule has 0 aliphatic carbocycles. The lowest BCUT2D eigenvalue weighted by molar-refractivity contribution is -0.115. The third kappa shape index (κ3) is 4.97. The summed E-state index contributed by atoms with van der Waals surface area (Å²) in [7, 11) is 3.11. The smallest absolute Gasteiger partial charge is 0.228 e. The molecule has 0 heterocycles. The quantitative estimate of drug-likeness (QED) is 0.603. The highest BCUT2D eigenvalue weighted by molar-refractivity contribution is 6.33. The van der Waals surface area contributed by atoms with Crippen molar-refractivity contribution >= 4 is 29.0 Å². The molecule has 1 atom stereocenters. The van der Waals surface area contributed by atoms with E-state index in [1.165, 1.54) is 0 Å². The van der Waals surface area contributed by atoms with Crippen LogP contribution in [0.1, 0.15) is 22.8 Å². The molecule has 132 valence electrons. The van der Waals surface area contributed by atoms with Crippen molar-refractivity contribution in [2.45, 2.75) is 18.7 Å². The molecular formula is C19H20ClNO4. The van der Waals surface area contributed by atoms with Crippen molar-refractivity contribution < 1.29 is 19.1 Å². The summed E-state index contributed by atoms with van der Waals surface area (Å²) in [6.07, 6.45) is 0.194. The van der Waals surface area contributed by atoms with E-state index in [9.17, 15) is 9.59 Å². The van der Waals surface area contributed by atoms with Gasteiger partial charge in [0.25, 0.3) is 0 Å². The van der Waals surface area contributed by atoms with Crippen molar-refractivity contribution in [2.75, 3.05) is 19.5 Å². The Labute approximate surface area is 151 Å². The van der Waals surface area contributed by atoms with Crippen LogP contribution in [-0.2, 0) is 11.2 Å². The number of carbonyl (C=O) groups excluding carboxylic acids is 2. The molecule has 0 saturated carbocycles. The van der Waals surface area contributed by atoms with Crippen LogP contribution in [-0.4, -0.2) is 31.3 Å². The number of hydrogen-bond acceptors (Lipinski definition) is 4. The zero-order chi connectivity index (χ0) is 18.4. The summed E-state index contributed by atoms with van der Waals surface area (Å²) < 4.78 is 10.4. The molecule has 1 amide bonds. The van der Waals surface area contributed by atoms with Gasteiger partial charge in [-0.25, -0.2) is 0 Å². The van der Waals surface area contributed by atoms with Crippen LogP contribution in [0.3, 0.4) is 0 Å². The van der Waals surface area contributed by atoms with E-state index in [0.29, 0.717) is 22.7 Å². The van der Waals surface area contributed by atoms with Gasteiger partial charge in [0.05, 0.1) is 26.0 Å². The lowest BCUT2D eigenvalue weighted by atomic mass is 10.1. The molecule has 5 nitrogen and oxygen atoms in total. The summed E-state index contributed by atoms with van der Waals surface area (Å²) in [6.45, 7) is 1.63. The third-order valence-electron chi connectivity index (χ3n) is 3.63. The van der Waals surface area contributed by atoms with Crippen LogP contribution < -0.4 is 14.8 Å². The zero-order valence-electron chi connectivity index (χ0n) is 14.3. The molecule has 25 heavy (non-hydrogen) atoms. The Bertz CT molecular complexity index is 757. The average molecular weight is 362 g/mol. The number of Topliss-reactive ketones (excluding diaryl/α,β-unsaturated/α-hetero) is 1. The second-order valence-corrected chi connectivity index (χ2v) is 6.13. The molecule has 0 spiro atoms. The first-order valence-corrected chi connectivity index (χ1v) is 8.17. The Kier molecular flexibility index (Phi) is 6.42. The highest BCUT2D eigenvalue weighted by atomic mass is 35.5. The average Bonchev–Trinajstić information content (AvgIpc) is 2.61. The topological polar surface area (TPSA) is 64.6 Å². The van der Waals surface area contributed by atoms with Gasteiger partial charge in [0.15, 0.2) is 17.3 Å². The molecule has 0 bridgehead atoms. The van der Waals surface area contributed by atoms with Gasteiger partial charge in [-0.2, -0.15) is 0 Å². The van der Waals surface area contributed by atoms with Crippen molar-refractivity contribution in [3.05, 3.63) is 53.6 Å². The van der Waals surface area contributed by atoms with Crippen molar-refractivity contribution in [1.29, 1.82) is 0 Å². The fraction of sp³-hybridized carbons (Fsp3) is 0.263. The number of carbonyl (C=O) groups is 2. The Morgan fingerprint density at radius 3 is 2.24 bits per heavy atom. The maximum Gasteiger partial charge on any atom is 0.228 e. The van der Waals surface area contributed by atoms with Crippen LogP contribution in [0.2, 0.25) is 0 Å². The predicted octanol–water partition coefficient (Wildman–Crippen LogP) is 3.70. The van der Waals surface area contributed by atoms with Crippen molar-refractivity contribution in [2.24, 2.45) is 0 Å². The standard InChI is InChI=1S/C19H20ClNO4/c1-12(20)19(23)14-5-7-15(8-6-14)21-18(22)11-13-4-9-16(24-2)17(10-13)25-3/h4-10,12H,11H2,1-3H3,(H,21,22). The van der Waals surface area contributed by atoms with Crippen LogP contribution in [0, 0.1) is 0 Å². The normalized spacial score (nSPS) is 11.5. The molecule has 0 aromatic heterocycles. The molecule has 2 rings (SSSR count). The number of methoxy groups -OCH3 is 2. The molecule has 0 aliphatic rings. The predicted molar refractivity (Wildman–Crippen MR) is 98.0 cm³/mol. The maximum absolute atomic E-state index is 12.2. The second-order valence-electron chi connectivity index (χ2n) is 5.47. The highest BCUT2D eigenvalue weighted by Gasteiger charge is 2.12. The molecule has 0 aliphatic heterocycles. The molecule has 2 aromatic rings. The molecule has 0 saturated heterocycles. The monoisotopic (exact) mass is 361 g/mol. The lowest BCUT2D eigenvalue weighted by Gasteiger charge is -2.10. The number of amides is 1. The minimum absolute atomic E-state index is 0.148. The number of ether oxygens (including phenoxy) is 2. The molecule has 1 N–H and O–H groups in total. The van der Waals surface area contributed by atoms with Gasteiger partial charge in [-0.15, -0.1) is 11.6 Å². The molecule has 0 radical (unpaired) electrons. The minimum atomic E-state index is -0.578. The number of ketones is 1. The van der Waals surface area contributed by atoms with E-state index in [2.05, 4.69) is 5.32 Å². The Morgan fingerprint density at radius 2 is 1.68 bits per heavy atom. The molecular weight excluding hydrogens is 342 g/mol. The van der Waals surface area contributed by atoms with Gasteiger partial charge in [-0.05, 0) is 48.9 Å². The fourth-order valence-corrected chi connectivity index (χ4v) is 2.45. The SMILES string of the molecule is COc1ccc(CC(=O)Nc2ccc(C(=O)C(C)Cl)cc2)cc1OC. The minimum Gasteiger partial charge on any atom is -0.493 e. The first-order valence-electron chi connectivity index (χ1n) is 7.73. The number of hydrogen-bond donors (Lipinski definition) is 1. The number of nitrogens with one attached hydrogen (secondary N) is 1. The zero-order valence-corrected chi connectivity index (χ0v) is 15.1. The van der Waals surface area contributed by atoms with E-state index in [4.69, 9.17) is 21.1 Å². The second kappa shape index (κ2) is 8.53. The lowest BCUT2D eigenvalue weighted by Crippen LogP contribution is -2.15. The van der Waals surface area contributed by atoms with Gasteiger partial charge in [0.2, 0.25) is 5.91 Å². The van der Waals surface area contributed by atoms with Crippen LogP contribution in [0.15, 0.2) is 42.5 Å². The van der Waals surface area contributed by atoms with Gasteiger partial charge in [0, 0.05) is 11.3 Å². The fourth-order valence-electron chi connectivity index (χ4n) is 2.33. The summed E-state index contributed by atoms with van der Waals surface area (Å²) in [5.41, 5.74) is 1.93. The maximum atomic E-state index is 12.2. The largest absolute Gasteiger partial charge is 0.493 e. The van der Waals surface area contributed by atoms with E-state index >= 15 is 0 Å². The first kappa shape index (κ1) is 18.8. The summed E-state index contributed by atoms with van der Waals surface area (Å²) in [5, 5.41) is 2.22. The summed E-state index contributed by atoms with van der Waals surface area (Å²) in [4.78, 5) is 24.0. The van der Waals surface area contributed by atoms with Crippen LogP contribution in [0.5, 0.6) is 11.5 Å². The number of alkyl halides is 1. The van der Waals surface area contributed by atoms with E-state index in [1.807, 2.05) is 6.07 Å². The van der Waals surface area contributed by atoms with Crippen molar-refractivity contribution in [1.82, 2.24) is 0 Å². The van der Waals surface area contributed by atoms with Gasteiger partial charge in [0.1, 0.15) is 0 Å². The highest BCUT2D eigenvalue weighted by Crippen LogP contribution is 2.27. The first-order chi connectivity index (χ1) is 11.9. The van der Waals surface area contributed by atoms with Crippen LogP contribution in [0.4, 0.5) is 5.69 Å². The Hall–Kier alpha value is -2.53. The van der Waals surface area contributed by atoms with E-state index < -0.39 is 5.38 Å².